The number of anilines is 1. The Balaban J connectivity index is 1.59. The van der Waals surface area contributed by atoms with Gasteiger partial charge in [0.05, 0.1) is 26.0 Å². The van der Waals surface area contributed by atoms with Crippen molar-refractivity contribution in [1.82, 2.24) is 14.9 Å². The number of hydrogen-bond donors (Lipinski definition) is 1. The normalized spacial score (nSPS) is 14.3. The van der Waals surface area contributed by atoms with Crippen LogP contribution in [0.15, 0.2) is 47.6 Å². The molecule has 1 aromatic heterocycles. The van der Waals surface area contributed by atoms with Crippen molar-refractivity contribution in [3.63, 3.8) is 0 Å². The van der Waals surface area contributed by atoms with Crippen molar-refractivity contribution in [2.24, 2.45) is 5.10 Å². The van der Waals surface area contributed by atoms with Gasteiger partial charge in [0, 0.05) is 24.8 Å². The molecule has 156 valence electrons. The van der Waals surface area contributed by atoms with Crippen LogP contribution in [0, 0.1) is 4.77 Å². The van der Waals surface area contributed by atoms with Crippen molar-refractivity contribution in [3.8, 4) is 22.9 Å². The summed E-state index contributed by atoms with van der Waals surface area (Å²) in [4.78, 5) is 2.44. The highest BCUT2D eigenvalue weighted by atomic mass is 32.1. The van der Waals surface area contributed by atoms with Crippen LogP contribution in [0.4, 0.5) is 5.69 Å². The molecule has 0 atom stereocenters. The minimum absolute atomic E-state index is 0.407. The van der Waals surface area contributed by atoms with Gasteiger partial charge in [0.2, 0.25) is 4.77 Å². The van der Waals surface area contributed by atoms with Crippen molar-refractivity contribution in [2.75, 3.05) is 32.2 Å². The van der Waals surface area contributed by atoms with Crippen LogP contribution in [-0.2, 0) is 0 Å². The highest BCUT2D eigenvalue weighted by Crippen LogP contribution is 2.32. The zero-order valence-corrected chi connectivity index (χ0v) is 18.0. The first-order chi connectivity index (χ1) is 14.7. The molecule has 0 spiro atoms. The molecule has 3 aromatic rings. The molecule has 1 aliphatic heterocycles. The van der Waals surface area contributed by atoms with Crippen LogP contribution in [0.2, 0.25) is 0 Å². The van der Waals surface area contributed by atoms with Gasteiger partial charge in [-0.1, -0.05) is 12.1 Å². The van der Waals surface area contributed by atoms with Crippen LogP contribution in [0.5, 0.6) is 11.5 Å². The Morgan fingerprint density at radius 2 is 1.80 bits per heavy atom. The van der Waals surface area contributed by atoms with E-state index in [1.807, 2.05) is 12.1 Å². The Hall–Kier alpha value is -3.13. The molecule has 8 heteroatoms. The first-order valence-electron chi connectivity index (χ1n) is 9.99. The van der Waals surface area contributed by atoms with Gasteiger partial charge in [0.25, 0.3) is 0 Å². The number of piperidine rings is 1. The molecule has 0 saturated carbocycles. The topological polar surface area (TPSA) is 67.7 Å². The van der Waals surface area contributed by atoms with E-state index in [-0.39, 0.29) is 0 Å². The summed E-state index contributed by atoms with van der Waals surface area (Å²) in [7, 11) is 3.22. The average molecular weight is 424 g/mol. The third kappa shape index (κ3) is 4.23. The Bertz CT molecular complexity index is 1080. The summed E-state index contributed by atoms with van der Waals surface area (Å²) < 4.78 is 12.8. The predicted octanol–water partition coefficient (Wildman–Crippen LogP) is 4.50. The van der Waals surface area contributed by atoms with Crippen LogP contribution in [0.1, 0.15) is 24.8 Å². The number of benzene rings is 2. The van der Waals surface area contributed by atoms with E-state index in [4.69, 9.17) is 21.7 Å². The number of ether oxygens (including phenoxy) is 2. The van der Waals surface area contributed by atoms with Crippen LogP contribution in [0.25, 0.3) is 11.4 Å². The molecular weight excluding hydrogens is 398 g/mol. The Kier molecular flexibility index (Phi) is 6.13. The number of aromatic nitrogens is 3. The monoisotopic (exact) mass is 423 g/mol. The fourth-order valence-corrected chi connectivity index (χ4v) is 3.78. The van der Waals surface area contributed by atoms with Gasteiger partial charge in [-0.15, -0.1) is 0 Å². The quantitative estimate of drug-likeness (QED) is 0.467. The van der Waals surface area contributed by atoms with Gasteiger partial charge in [-0.3, -0.25) is 0 Å². The molecule has 1 aliphatic rings. The number of nitrogens with zero attached hydrogens (tertiary/aromatic N) is 4. The van der Waals surface area contributed by atoms with Crippen LogP contribution >= 0.6 is 12.2 Å². The molecule has 0 amide bonds. The smallest absolute Gasteiger partial charge is 0.216 e. The van der Waals surface area contributed by atoms with E-state index in [1.54, 1.807) is 31.2 Å². The van der Waals surface area contributed by atoms with Gasteiger partial charge in [0.1, 0.15) is 11.5 Å². The summed E-state index contributed by atoms with van der Waals surface area (Å²) in [5.74, 6) is 1.90. The van der Waals surface area contributed by atoms with Crippen molar-refractivity contribution in [3.05, 3.63) is 52.8 Å². The second-order valence-electron chi connectivity index (χ2n) is 7.11. The van der Waals surface area contributed by atoms with E-state index in [9.17, 15) is 0 Å². The summed E-state index contributed by atoms with van der Waals surface area (Å²) in [6, 6.07) is 14.0. The summed E-state index contributed by atoms with van der Waals surface area (Å²) in [5.41, 5.74) is 3.02. The largest absolute Gasteiger partial charge is 0.497 e. The minimum Gasteiger partial charge on any atom is -0.497 e. The summed E-state index contributed by atoms with van der Waals surface area (Å²) >= 11 is 5.38. The standard InChI is InChI=1S/C22H25N5O2S/c1-28-18-10-11-19(20(14-18)29-2)21-24-25-22(30)27(21)23-15-16-6-8-17(9-7-16)26-12-4-3-5-13-26/h6-11,14-15H,3-5,12-13H2,1-2H3,(H,25,30)/b23-15-. The molecule has 4 rings (SSSR count). The number of rotatable bonds is 6. The lowest BCUT2D eigenvalue weighted by Crippen LogP contribution is -2.29. The predicted molar refractivity (Wildman–Crippen MR) is 121 cm³/mol. The Morgan fingerprint density at radius 3 is 2.50 bits per heavy atom. The van der Waals surface area contributed by atoms with Crippen LogP contribution in [0.3, 0.4) is 0 Å². The van der Waals surface area contributed by atoms with E-state index in [1.165, 1.54) is 24.9 Å². The SMILES string of the molecule is COc1ccc(-c2n[nH]c(=S)n2/N=C\c2ccc(N3CCCCC3)cc2)c(OC)c1. The van der Waals surface area contributed by atoms with Gasteiger partial charge in [-0.05, 0) is 61.3 Å². The second kappa shape index (κ2) is 9.13. The molecule has 1 saturated heterocycles. The summed E-state index contributed by atoms with van der Waals surface area (Å²) in [6.07, 6.45) is 5.64. The molecule has 0 unspecified atom stereocenters. The number of methoxy groups -OCH3 is 2. The van der Waals surface area contributed by atoms with Crippen molar-refractivity contribution < 1.29 is 9.47 Å². The Morgan fingerprint density at radius 1 is 1.03 bits per heavy atom. The zero-order valence-electron chi connectivity index (χ0n) is 17.2. The maximum absolute atomic E-state index is 5.50. The number of nitrogens with one attached hydrogen (secondary N) is 1. The average Bonchev–Trinajstić information content (AvgIpc) is 3.18. The van der Waals surface area contributed by atoms with Crippen molar-refractivity contribution in [2.45, 2.75) is 19.3 Å². The number of hydrogen-bond acceptors (Lipinski definition) is 6. The van der Waals surface area contributed by atoms with Crippen LogP contribution < -0.4 is 14.4 Å². The van der Waals surface area contributed by atoms with E-state index >= 15 is 0 Å². The van der Waals surface area contributed by atoms with Gasteiger partial charge < -0.3 is 14.4 Å². The molecule has 2 heterocycles. The molecule has 0 aliphatic carbocycles. The minimum atomic E-state index is 0.407. The highest BCUT2D eigenvalue weighted by Gasteiger charge is 2.15. The number of H-pyrrole nitrogens is 1. The van der Waals surface area contributed by atoms with Gasteiger partial charge >= 0.3 is 0 Å². The fourth-order valence-electron chi connectivity index (χ4n) is 3.60. The third-order valence-electron chi connectivity index (χ3n) is 5.24. The first kappa shape index (κ1) is 20.2. The molecule has 1 N–H and O–H groups in total. The second-order valence-corrected chi connectivity index (χ2v) is 7.50. The van der Waals surface area contributed by atoms with E-state index in [2.05, 4.69) is 44.5 Å². The van der Waals surface area contributed by atoms with Crippen molar-refractivity contribution >= 4 is 24.1 Å². The van der Waals surface area contributed by atoms with E-state index in [0.29, 0.717) is 22.1 Å². The van der Waals surface area contributed by atoms with Gasteiger partial charge in [-0.2, -0.15) is 14.9 Å². The molecule has 0 radical (unpaired) electrons. The van der Waals surface area contributed by atoms with Gasteiger partial charge in [-0.25, -0.2) is 5.10 Å². The van der Waals surface area contributed by atoms with E-state index < -0.39 is 0 Å². The first-order valence-corrected chi connectivity index (χ1v) is 10.4. The molecule has 30 heavy (non-hydrogen) atoms. The lowest BCUT2D eigenvalue weighted by Gasteiger charge is -2.28. The molecule has 7 nitrogen and oxygen atoms in total. The molecular formula is C22H25N5O2S. The molecule has 2 aromatic carbocycles. The lowest BCUT2D eigenvalue weighted by atomic mass is 10.1. The van der Waals surface area contributed by atoms with Crippen molar-refractivity contribution in [1.29, 1.82) is 0 Å². The fraction of sp³-hybridized carbons (Fsp3) is 0.318. The van der Waals surface area contributed by atoms with E-state index in [0.717, 1.165) is 24.2 Å². The Labute approximate surface area is 180 Å². The summed E-state index contributed by atoms with van der Waals surface area (Å²) in [6.45, 7) is 2.26. The maximum atomic E-state index is 5.50. The van der Waals surface area contributed by atoms with Gasteiger partial charge in [0.15, 0.2) is 5.82 Å². The molecule has 1 fully saturated rings. The molecule has 0 bridgehead atoms. The lowest BCUT2D eigenvalue weighted by molar-refractivity contribution is 0.395. The van der Waals surface area contributed by atoms with Crippen LogP contribution in [-0.4, -0.2) is 48.4 Å². The maximum Gasteiger partial charge on any atom is 0.216 e. The third-order valence-corrected chi connectivity index (χ3v) is 5.50. The summed E-state index contributed by atoms with van der Waals surface area (Å²) in [5, 5.41) is 11.7. The zero-order chi connectivity index (χ0) is 20.9. The number of aromatic amines is 1. The highest BCUT2D eigenvalue weighted by molar-refractivity contribution is 7.71.